The van der Waals surface area contributed by atoms with Crippen molar-refractivity contribution < 1.29 is 83.3 Å². The normalized spacial score (nSPS) is 34.3. The van der Waals surface area contributed by atoms with Crippen molar-refractivity contribution in [3.8, 4) is 11.5 Å². The molecule has 368 valence electrons. The third-order valence-corrected chi connectivity index (χ3v) is 13.6. The van der Waals surface area contributed by atoms with Crippen LogP contribution >= 0.6 is 0 Å². The zero-order chi connectivity index (χ0) is 47.8. The number of carboxylic acids is 1. The fourth-order valence-electron chi connectivity index (χ4n) is 10.0. The van der Waals surface area contributed by atoms with E-state index in [2.05, 4.69) is 17.2 Å². The summed E-state index contributed by atoms with van der Waals surface area (Å²) in [4.78, 5) is 52.5. The average Bonchev–Trinajstić information content (AvgIpc) is 3.27. The summed E-state index contributed by atoms with van der Waals surface area (Å²) in [5.74, 6) is -2.53. The number of benzene rings is 1. The Morgan fingerprint density at radius 1 is 0.939 bits per heavy atom. The van der Waals surface area contributed by atoms with Crippen molar-refractivity contribution in [3.05, 3.63) is 42.2 Å². The summed E-state index contributed by atoms with van der Waals surface area (Å²) in [5, 5.41) is 79.7. The lowest BCUT2D eigenvalue weighted by Crippen LogP contribution is -2.67. The number of phenols is 1. The summed E-state index contributed by atoms with van der Waals surface area (Å²) in [7, 11) is 0. The molecule has 2 amide bonds. The minimum Gasteiger partial charge on any atom is -0.508 e. The van der Waals surface area contributed by atoms with Crippen molar-refractivity contribution in [1.82, 2.24) is 10.6 Å². The van der Waals surface area contributed by atoms with E-state index in [0.29, 0.717) is 41.9 Å². The van der Waals surface area contributed by atoms with Gasteiger partial charge in [-0.1, -0.05) is 52.0 Å². The number of phenolic OH excluding ortho intramolecular Hbond substituents is 1. The standard InChI is InChI=1S/C47H68N2O17/c1-5-27-18-29(32(53)12-9-15-48-37(54)20-28-16-23(2)61-33-21-30(52)13-14-31(28)33)19-34(43(27)66-47-42(58)41(57)39(55)24(3)62-47)64-46-38(49-25(4)51)44(40(56)36(22-50)65-46)63-35(45(59)60)17-26-10-7-6-8-11-26/h13-14,16,21,24,26-27,29,34-36,38-44,46-47,50,52,55-58H,2,5-12,15,17-20,22H2,1,3-4H3,(H,48,54)(H,49,51)(H,59,60)/t24-,27?,29?,34+,35-,36-,38?,39-,40-,41?,42-,43+,44?,46+,47?/m0/s1. The minimum absolute atomic E-state index is 0.00372. The number of ketones is 1. The monoisotopic (exact) mass is 932 g/mol. The lowest BCUT2D eigenvalue weighted by atomic mass is 9.74. The van der Waals surface area contributed by atoms with Gasteiger partial charge < -0.3 is 74.8 Å². The number of carbonyl (C=O) groups is 4. The Balaban J connectivity index is 1.19. The van der Waals surface area contributed by atoms with Crippen LogP contribution in [-0.2, 0) is 42.9 Å². The number of fused-ring (bicyclic) bond motifs is 1. The van der Waals surface area contributed by atoms with Gasteiger partial charge in [-0.15, -0.1) is 0 Å². The van der Waals surface area contributed by atoms with E-state index < -0.39 is 110 Å². The maximum atomic E-state index is 14.1. The number of aliphatic carboxylic acids is 1. The predicted octanol–water partition coefficient (Wildman–Crippen LogP) is 1.96. The maximum Gasteiger partial charge on any atom is 0.332 e. The van der Waals surface area contributed by atoms with Crippen molar-refractivity contribution in [2.45, 2.75) is 177 Å². The van der Waals surface area contributed by atoms with E-state index >= 15 is 0 Å². The number of aromatic hydroxyl groups is 1. The van der Waals surface area contributed by atoms with Crippen LogP contribution in [0.5, 0.6) is 11.5 Å². The summed E-state index contributed by atoms with van der Waals surface area (Å²) in [6.45, 7) is 7.90. The van der Waals surface area contributed by atoms with Crippen molar-refractivity contribution in [2.24, 2.45) is 17.8 Å². The number of nitrogens with one attached hydrogen (secondary N) is 2. The molecule has 3 aliphatic heterocycles. The van der Waals surface area contributed by atoms with E-state index in [1.54, 1.807) is 12.1 Å². The first-order valence-electron chi connectivity index (χ1n) is 23.3. The van der Waals surface area contributed by atoms with Crippen LogP contribution in [-0.4, -0.2) is 152 Å². The van der Waals surface area contributed by atoms with Gasteiger partial charge in [-0.2, -0.15) is 0 Å². The van der Waals surface area contributed by atoms with Crippen LogP contribution in [0.2, 0.25) is 0 Å². The largest absolute Gasteiger partial charge is 0.508 e. The van der Waals surface area contributed by atoms with Crippen LogP contribution in [0.3, 0.4) is 0 Å². The highest BCUT2D eigenvalue weighted by Gasteiger charge is 2.53. The van der Waals surface area contributed by atoms with Crippen molar-refractivity contribution in [2.75, 3.05) is 13.2 Å². The van der Waals surface area contributed by atoms with Crippen molar-refractivity contribution in [1.29, 1.82) is 0 Å². The molecule has 0 spiro atoms. The molecule has 1 aromatic rings. The van der Waals surface area contributed by atoms with E-state index in [9.17, 15) is 54.9 Å². The van der Waals surface area contributed by atoms with Crippen LogP contribution in [0.25, 0.3) is 5.57 Å². The fraction of sp³-hybridized carbons (Fsp3) is 0.702. The highest BCUT2D eigenvalue weighted by molar-refractivity contribution is 5.91. The van der Waals surface area contributed by atoms with Crippen LogP contribution in [0, 0.1) is 17.8 Å². The van der Waals surface area contributed by atoms with Gasteiger partial charge in [-0.25, -0.2) is 4.79 Å². The van der Waals surface area contributed by atoms with Crippen molar-refractivity contribution in [3.63, 3.8) is 0 Å². The topological polar surface area (TPSA) is 289 Å². The molecule has 0 bridgehead atoms. The van der Waals surface area contributed by atoms with Crippen LogP contribution in [0.4, 0.5) is 0 Å². The molecule has 4 fully saturated rings. The fourth-order valence-corrected chi connectivity index (χ4v) is 10.0. The molecule has 9 N–H and O–H groups in total. The van der Waals surface area contributed by atoms with E-state index in [1.807, 2.05) is 6.92 Å². The Hall–Kier alpha value is -4.02. The van der Waals surface area contributed by atoms with Gasteiger partial charge in [-0.05, 0) is 68.2 Å². The molecule has 66 heavy (non-hydrogen) atoms. The molecule has 2 saturated heterocycles. The first-order chi connectivity index (χ1) is 31.5. The van der Waals surface area contributed by atoms with E-state index in [0.717, 1.165) is 32.1 Å². The Kier molecular flexibility index (Phi) is 18.2. The maximum absolute atomic E-state index is 14.1. The highest BCUT2D eigenvalue weighted by Crippen LogP contribution is 2.41. The average molecular weight is 933 g/mol. The number of amides is 2. The van der Waals surface area contributed by atoms with Gasteiger partial charge in [0.05, 0.1) is 31.3 Å². The number of carboxylic acid groups (broad SMARTS) is 1. The Morgan fingerprint density at radius 2 is 1.68 bits per heavy atom. The highest BCUT2D eigenvalue weighted by atomic mass is 16.7. The number of hydrogen-bond acceptors (Lipinski definition) is 16. The SMILES string of the molecule is C=C1C=C(CC(=O)NCCCC(=O)C2CC(CC)[C@@H](OC3O[C@@H](C)[C@H](O)C(O)[C@@H]3O)[C@H](O[C@@H]3O[C@@H](CO)[C@H](O)C(O[C@@H](CC4CCCCC4)C(=O)O)C3NC(C)=O)C2)c2ccc(O)cc2O1. The zero-order valence-corrected chi connectivity index (χ0v) is 37.9. The van der Waals surface area contributed by atoms with E-state index in [4.69, 9.17) is 28.4 Å². The van der Waals surface area contributed by atoms with Crippen molar-refractivity contribution >= 4 is 29.1 Å². The number of aliphatic hydroxyl groups excluding tert-OH is 5. The molecule has 1 aromatic carbocycles. The Morgan fingerprint density at radius 3 is 2.36 bits per heavy atom. The molecule has 3 heterocycles. The van der Waals surface area contributed by atoms with Gasteiger partial charge in [0.25, 0.3) is 0 Å². The number of Topliss-reactive ketones (excluding diaryl/α,β-unsaturated/α-hetero) is 1. The van der Waals surface area contributed by atoms with Gasteiger partial charge in [0.15, 0.2) is 18.7 Å². The summed E-state index contributed by atoms with van der Waals surface area (Å²) in [6, 6.07) is 3.27. The van der Waals surface area contributed by atoms with Gasteiger partial charge >= 0.3 is 5.97 Å². The number of carbonyl (C=O) groups excluding carboxylic acids is 3. The number of rotatable bonds is 19. The molecule has 0 radical (unpaired) electrons. The first kappa shape index (κ1) is 51.4. The van der Waals surface area contributed by atoms with E-state index in [-0.39, 0.29) is 55.6 Å². The molecular weight excluding hydrogens is 865 g/mol. The van der Waals surface area contributed by atoms with Gasteiger partial charge in [-0.3, -0.25) is 14.4 Å². The van der Waals surface area contributed by atoms with Crippen LogP contribution < -0.4 is 15.4 Å². The third-order valence-electron chi connectivity index (χ3n) is 13.6. The van der Waals surface area contributed by atoms with Crippen LogP contribution in [0.1, 0.15) is 103 Å². The summed E-state index contributed by atoms with van der Waals surface area (Å²) in [5.41, 5.74) is 1.30. The molecule has 15 atom stereocenters. The molecule has 19 heteroatoms. The summed E-state index contributed by atoms with van der Waals surface area (Å²) >= 11 is 0. The quantitative estimate of drug-likeness (QED) is 0.0897. The second-order valence-electron chi connectivity index (χ2n) is 18.4. The number of ether oxygens (including phenoxy) is 6. The van der Waals surface area contributed by atoms with Gasteiger partial charge in [0.1, 0.15) is 65.7 Å². The summed E-state index contributed by atoms with van der Waals surface area (Å²) in [6.07, 6.45) is -8.73. The molecule has 0 aromatic heterocycles. The first-order valence-corrected chi connectivity index (χ1v) is 23.3. The molecule has 2 aliphatic carbocycles. The minimum atomic E-state index is -1.67. The number of hydrogen-bond donors (Lipinski definition) is 9. The number of aliphatic hydroxyl groups is 5. The predicted molar refractivity (Wildman–Crippen MR) is 233 cm³/mol. The molecule has 6 unspecified atom stereocenters. The number of allylic oxidation sites excluding steroid dienone is 1. The third kappa shape index (κ3) is 12.7. The smallest absolute Gasteiger partial charge is 0.332 e. The molecule has 5 aliphatic rings. The van der Waals surface area contributed by atoms with Gasteiger partial charge in [0, 0.05) is 37.4 Å². The van der Waals surface area contributed by atoms with Gasteiger partial charge in [0.2, 0.25) is 11.8 Å². The molecule has 2 saturated carbocycles. The lowest BCUT2D eigenvalue weighted by Gasteiger charge is -2.49. The molecule has 19 nitrogen and oxygen atoms in total. The Labute approximate surface area is 384 Å². The summed E-state index contributed by atoms with van der Waals surface area (Å²) < 4.78 is 36.9. The zero-order valence-electron chi connectivity index (χ0n) is 37.9. The lowest BCUT2D eigenvalue weighted by molar-refractivity contribution is -0.338. The Bertz CT molecular complexity index is 1890. The second-order valence-corrected chi connectivity index (χ2v) is 18.4. The van der Waals surface area contributed by atoms with E-state index in [1.165, 1.54) is 26.0 Å². The second kappa shape index (κ2) is 23.3. The molecular formula is C47H68N2O17. The molecule has 6 rings (SSSR count). The van der Waals surface area contributed by atoms with Crippen LogP contribution in [0.15, 0.2) is 36.6 Å².